The molecule has 1 heterocycles. The van der Waals surface area contributed by atoms with Gasteiger partial charge in [0.15, 0.2) is 0 Å². The zero-order valence-electron chi connectivity index (χ0n) is 7.90. The third-order valence-electron chi connectivity index (χ3n) is 2.05. The first-order chi connectivity index (χ1) is 6.19. The van der Waals surface area contributed by atoms with Crippen LogP contribution in [0, 0.1) is 0 Å². The molecule has 1 aliphatic rings. The molecule has 72 valence electrons. The molecule has 0 aliphatic carbocycles. The van der Waals surface area contributed by atoms with Crippen LogP contribution in [0.25, 0.3) is 0 Å². The van der Waals surface area contributed by atoms with Crippen LogP contribution in [0.3, 0.4) is 0 Å². The maximum absolute atomic E-state index is 11.1. The molecule has 2 unspecified atom stereocenters. The molecule has 1 saturated heterocycles. The van der Waals surface area contributed by atoms with Gasteiger partial charge in [-0.25, -0.2) is 0 Å². The van der Waals surface area contributed by atoms with Gasteiger partial charge in [-0.3, -0.25) is 4.79 Å². The van der Waals surface area contributed by atoms with Crippen molar-refractivity contribution in [1.82, 2.24) is 4.90 Å². The second kappa shape index (κ2) is 4.23. The standard InChI is InChI=1S/C10H15NO2/c1-4-6-11-9(12)7-10(11)13-8(3)5-2/h4-5,8,10H,1-2,6-7H2,3H3. The number of amides is 1. The quantitative estimate of drug-likeness (QED) is 0.473. The first kappa shape index (κ1) is 9.99. The monoisotopic (exact) mass is 181 g/mol. The van der Waals surface area contributed by atoms with E-state index in [4.69, 9.17) is 4.74 Å². The zero-order chi connectivity index (χ0) is 9.84. The van der Waals surface area contributed by atoms with Crippen molar-refractivity contribution < 1.29 is 9.53 Å². The normalized spacial score (nSPS) is 23.6. The van der Waals surface area contributed by atoms with Crippen LogP contribution >= 0.6 is 0 Å². The molecule has 0 aromatic carbocycles. The Morgan fingerprint density at radius 2 is 2.46 bits per heavy atom. The van der Waals surface area contributed by atoms with Crippen LogP contribution in [-0.2, 0) is 9.53 Å². The highest BCUT2D eigenvalue weighted by atomic mass is 16.5. The van der Waals surface area contributed by atoms with E-state index in [0.717, 1.165) is 0 Å². The Morgan fingerprint density at radius 3 is 2.92 bits per heavy atom. The zero-order valence-corrected chi connectivity index (χ0v) is 7.90. The van der Waals surface area contributed by atoms with Gasteiger partial charge in [0.2, 0.25) is 5.91 Å². The number of hydrogen-bond donors (Lipinski definition) is 0. The fourth-order valence-corrected chi connectivity index (χ4v) is 1.21. The lowest BCUT2D eigenvalue weighted by atomic mass is 10.1. The lowest BCUT2D eigenvalue weighted by molar-refractivity contribution is -0.176. The molecular formula is C10H15NO2. The van der Waals surface area contributed by atoms with Crippen LogP contribution in [0.2, 0.25) is 0 Å². The highest BCUT2D eigenvalue weighted by molar-refractivity contribution is 5.82. The molecule has 3 heteroatoms. The summed E-state index contributed by atoms with van der Waals surface area (Å²) in [6.45, 7) is 9.66. The molecule has 1 fully saturated rings. The molecule has 1 aliphatic heterocycles. The van der Waals surface area contributed by atoms with E-state index >= 15 is 0 Å². The summed E-state index contributed by atoms with van der Waals surface area (Å²) in [6.07, 6.45) is 3.80. The van der Waals surface area contributed by atoms with Gasteiger partial charge in [-0.2, -0.15) is 0 Å². The summed E-state index contributed by atoms with van der Waals surface area (Å²) in [5.74, 6) is 0.126. The average Bonchev–Trinajstić information content (AvgIpc) is 2.13. The lowest BCUT2D eigenvalue weighted by Gasteiger charge is -2.40. The summed E-state index contributed by atoms with van der Waals surface area (Å²) in [7, 11) is 0. The Labute approximate surface area is 78.7 Å². The predicted octanol–water partition coefficient (Wildman–Crippen LogP) is 1.32. The third kappa shape index (κ3) is 2.18. The van der Waals surface area contributed by atoms with Crippen molar-refractivity contribution in [2.45, 2.75) is 25.7 Å². The van der Waals surface area contributed by atoms with Gasteiger partial charge in [0.1, 0.15) is 6.23 Å². The van der Waals surface area contributed by atoms with Gasteiger partial charge in [-0.05, 0) is 6.92 Å². The van der Waals surface area contributed by atoms with Crippen LogP contribution in [-0.4, -0.2) is 29.7 Å². The van der Waals surface area contributed by atoms with Crippen LogP contribution < -0.4 is 0 Å². The number of β-lactam (4-membered cyclic amide) rings is 1. The van der Waals surface area contributed by atoms with Crippen molar-refractivity contribution >= 4 is 5.91 Å². The van der Waals surface area contributed by atoms with Gasteiger partial charge >= 0.3 is 0 Å². The smallest absolute Gasteiger partial charge is 0.229 e. The number of ether oxygens (including phenoxy) is 1. The highest BCUT2D eigenvalue weighted by Crippen LogP contribution is 2.21. The third-order valence-corrected chi connectivity index (χ3v) is 2.05. The Bertz CT molecular complexity index is 225. The molecule has 1 rings (SSSR count). The van der Waals surface area contributed by atoms with Crippen molar-refractivity contribution in [3.05, 3.63) is 25.3 Å². The van der Waals surface area contributed by atoms with Crippen molar-refractivity contribution in [2.75, 3.05) is 6.54 Å². The summed E-state index contributed by atoms with van der Waals surface area (Å²) in [4.78, 5) is 12.7. The van der Waals surface area contributed by atoms with E-state index in [0.29, 0.717) is 13.0 Å². The van der Waals surface area contributed by atoms with E-state index in [2.05, 4.69) is 13.2 Å². The van der Waals surface area contributed by atoms with Gasteiger partial charge in [-0.15, -0.1) is 13.2 Å². The average molecular weight is 181 g/mol. The van der Waals surface area contributed by atoms with Crippen LogP contribution in [0.4, 0.5) is 0 Å². The van der Waals surface area contributed by atoms with Crippen LogP contribution in [0.15, 0.2) is 25.3 Å². The van der Waals surface area contributed by atoms with Gasteiger partial charge in [0.25, 0.3) is 0 Å². The second-order valence-corrected chi connectivity index (χ2v) is 3.07. The van der Waals surface area contributed by atoms with Crippen molar-refractivity contribution in [3.63, 3.8) is 0 Å². The molecule has 1 amide bonds. The van der Waals surface area contributed by atoms with E-state index < -0.39 is 0 Å². The van der Waals surface area contributed by atoms with E-state index in [1.807, 2.05) is 6.92 Å². The second-order valence-electron chi connectivity index (χ2n) is 3.07. The molecule has 0 aromatic rings. The largest absolute Gasteiger partial charge is 0.351 e. The Kier molecular flexibility index (Phi) is 3.25. The molecule has 0 aromatic heterocycles. The molecule has 13 heavy (non-hydrogen) atoms. The first-order valence-electron chi connectivity index (χ1n) is 4.37. The molecule has 0 bridgehead atoms. The van der Waals surface area contributed by atoms with Crippen LogP contribution in [0.1, 0.15) is 13.3 Å². The van der Waals surface area contributed by atoms with E-state index in [-0.39, 0.29) is 18.2 Å². The number of nitrogens with zero attached hydrogens (tertiary/aromatic N) is 1. The van der Waals surface area contributed by atoms with Gasteiger partial charge in [-0.1, -0.05) is 12.2 Å². The number of rotatable bonds is 5. The summed E-state index contributed by atoms with van der Waals surface area (Å²) < 4.78 is 5.51. The molecule has 0 radical (unpaired) electrons. The van der Waals surface area contributed by atoms with Crippen molar-refractivity contribution in [2.24, 2.45) is 0 Å². The highest BCUT2D eigenvalue weighted by Gasteiger charge is 2.36. The summed E-state index contributed by atoms with van der Waals surface area (Å²) in [5, 5.41) is 0. The Morgan fingerprint density at radius 1 is 1.77 bits per heavy atom. The minimum absolute atomic E-state index is 0.00887. The molecular weight excluding hydrogens is 166 g/mol. The van der Waals surface area contributed by atoms with Crippen molar-refractivity contribution in [3.8, 4) is 0 Å². The molecule has 0 saturated carbocycles. The molecule has 2 atom stereocenters. The van der Waals surface area contributed by atoms with Gasteiger partial charge < -0.3 is 9.64 Å². The van der Waals surface area contributed by atoms with E-state index in [1.54, 1.807) is 17.1 Å². The van der Waals surface area contributed by atoms with Crippen LogP contribution in [0.5, 0.6) is 0 Å². The maximum Gasteiger partial charge on any atom is 0.229 e. The van der Waals surface area contributed by atoms with E-state index in [1.165, 1.54) is 0 Å². The summed E-state index contributed by atoms with van der Waals surface area (Å²) in [6, 6.07) is 0. The van der Waals surface area contributed by atoms with Gasteiger partial charge in [0, 0.05) is 6.54 Å². The Balaban J connectivity index is 2.39. The topological polar surface area (TPSA) is 29.5 Å². The maximum atomic E-state index is 11.1. The molecule has 0 N–H and O–H groups in total. The number of carbonyl (C=O) groups excluding carboxylic acids is 1. The fraction of sp³-hybridized carbons (Fsp3) is 0.500. The minimum atomic E-state index is -0.0847. The molecule has 3 nitrogen and oxygen atoms in total. The predicted molar refractivity (Wildman–Crippen MR) is 51.1 cm³/mol. The lowest BCUT2D eigenvalue weighted by Crippen LogP contribution is -2.54. The number of likely N-dealkylation sites (tertiary alicyclic amines) is 1. The SMILES string of the molecule is C=CCN1C(=O)CC1OC(C)C=C. The number of hydrogen-bond acceptors (Lipinski definition) is 2. The van der Waals surface area contributed by atoms with Crippen molar-refractivity contribution in [1.29, 1.82) is 0 Å². The Hall–Kier alpha value is -1.09. The molecule has 0 spiro atoms. The first-order valence-corrected chi connectivity index (χ1v) is 4.37. The van der Waals surface area contributed by atoms with Gasteiger partial charge in [0.05, 0.1) is 12.5 Å². The number of carbonyl (C=O) groups is 1. The summed E-state index contributed by atoms with van der Waals surface area (Å²) in [5.41, 5.74) is 0. The fourth-order valence-electron chi connectivity index (χ4n) is 1.21. The van der Waals surface area contributed by atoms with E-state index in [9.17, 15) is 4.79 Å². The minimum Gasteiger partial charge on any atom is -0.351 e. The summed E-state index contributed by atoms with van der Waals surface area (Å²) >= 11 is 0.